The van der Waals surface area contributed by atoms with Crippen LogP contribution >= 0.6 is 0 Å². The van der Waals surface area contributed by atoms with Crippen LogP contribution in [0.25, 0.3) is 11.1 Å². The molecule has 0 radical (unpaired) electrons. The number of amides is 2. The molecule has 0 spiro atoms. The Bertz CT molecular complexity index is 1070. The Hall–Kier alpha value is -3.56. The van der Waals surface area contributed by atoms with E-state index in [1.807, 2.05) is 34.5 Å². The van der Waals surface area contributed by atoms with Gasteiger partial charge in [0.2, 0.25) is 5.91 Å². The number of carbonyl (C=O) groups is 2. The number of para-hydroxylation sites is 2. The molecule has 0 atom stereocenters. The number of hydrogen-bond donors (Lipinski definition) is 2. The summed E-state index contributed by atoms with van der Waals surface area (Å²) < 4.78 is 42.4. The van der Waals surface area contributed by atoms with Crippen LogP contribution in [0.2, 0.25) is 0 Å². The van der Waals surface area contributed by atoms with Crippen molar-refractivity contribution in [3.63, 3.8) is 0 Å². The molecule has 1 aliphatic rings. The van der Waals surface area contributed by atoms with E-state index < -0.39 is 18.6 Å². The second kappa shape index (κ2) is 8.89. The van der Waals surface area contributed by atoms with E-state index in [-0.39, 0.29) is 17.4 Å². The van der Waals surface area contributed by atoms with Crippen LogP contribution in [0.5, 0.6) is 0 Å². The zero-order valence-electron chi connectivity index (χ0n) is 17.0. The van der Waals surface area contributed by atoms with Gasteiger partial charge in [-0.05, 0) is 49.2 Å². The van der Waals surface area contributed by atoms with E-state index in [9.17, 15) is 22.8 Å². The smallest absolute Gasteiger partial charge is 0.405 e. The van der Waals surface area contributed by atoms with Crippen molar-refractivity contribution in [2.75, 3.05) is 29.9 Å². The van der Waals surface area contributed by atoms with Gasteiger partial charge in [0.1, 0.15) is 12.1 Å². The second-order valence-corrected chi connectivity index (χ2v) is 7.59. The van der Waals surface area contributed by atoms with Crippen molar-refractivity contribution in [1.29, 1.82) is 0 Å². The molecule has 0 bridgehead atoms. The summed E-state index contributed by atoms with van der Waals surface area (Å²) in [4.78, 5) is 30.9. The van der Waals surface area contributed by atoms with E-state index in [1.165, 1.54) is 24.3 Å². The van der Waals surface area contributed by atoms with Gasteiger partial charge in [-0.15, -0.1) is 0 Å². The monoisotopic (exact) mass is 446 g/mol. The zero-order valence-corrected chi connectivity index (χ0v) is 17.0. The normalized spacial score (nSPS) is 15.0. The van der Waals surface area contributed by atoms with Gasteiger partial charge in [0, 0.05) is 30.3 Å². The lowest BCUT2D eigenvalue weighted by Gasteiger charge is -2.30. The van der Waals surface area contributed by atoms with E-state index in [0.29, 0.717) is 37.6 Å². The van der Waals surface area contributed by atoms with Crippen LogP contribution in [0.4, 0.5) is 24.9 Å². The molecule has 1 fully saturated rings. The number of fused-ring (bicyclic) bond motifs is 1. The Morgan fingerprint density at radius 2 is 1.75 bits per heavy atom. The van der Waals surface area contributed by atoms with Gasteiger partial charge >= 0.3 is 6.18 Å². The summed E-state index contributed by atoms with van der Waals surface area (Å²) >= 11 is 0. The number of aromatic nitrogens is 1. The predicted molar refractivity (Wildman–Crippen MR) is 112 cm³/mol. The molecule has 0 aliphatic carbocycles. The highest BCUT2D eigenvalue weighted by Crippen LogP contribution is 2.27. The molecule has 32 heavy (non-hydrogen) atoms. The number of carbonyl (C=O) groups excluding carboxylic acids is 2. The number of anilines is 2. The standard InChI is InChI=1S/C22H21F3N4O3/c23-22(24,25)13-26-19(30)14-5-7-16(8-6-14)27-20(31)15-9-11-29(12-10-15)21-28-17-3-1-2-4-18(17)32-21/h1-8,15H,9-13H2,(H,26,30)(H,27,31). The third-order valence-corrected chi connectivity index (χ3v) is 5.28. The molecule has 1 aliphatic heterocycles. The molecular formula is C22H21F3N4O3. The van der Waals surface area contributed by atoms with Crippen molar-refractivity contribution in [3.05, 3.63) is 54.1 Å². The molecule has 0 unspecified atom stereocenters. The van der Waals surface area contributed by atoms with Crippen LogP contribution in [0.15, 0.2) is 52.9 Å². The molecule has 2 N–H and O–H groups in total. The molecule has 2 amide bonds. The number of rotatable bonds is 5. The summed E-state index contributed by atoms with van der Waals surface area (Å²) in [5.41, 5.74) is 2.07. The van der Waals surface area contributed by atoms with Crippen LogP contribution in [0, 0.1) is 5.92 Å². The first-order valence-electron chi connectivity index (χ1n) is 10.1. The van der Waals surface area contributed by atoms with Crippen molar-refractivity contribution in [1.82, 2.24) is 10.3 Å². The van der Waals surface area contributed by atoms with Gasteiger partial charge in [0.05, 0.1) is 0 Å². The van der Waals surface area contributed by atoms with Gasteiger partial charge in [0.15, 0.2) is 5.58 Å². The van der Waals surface area contributed by atoms with E-state index in [0.717, 1.165) is 11.1 Å². The van der Waals surface area contributed by atoms with Crippen molar-refractivity contribution >= 4 is 34.6 Å². The van der Waals surface area contributed by atoms with Crippen LogP contribution < -0.4 is 15.5 Å². The van der Waals surface area contributed by atoms with Crippen LogP contribution in [0.3, 0.4) is 0 Å². The number of piperidine rings is 1. The summed E-state index contributed by atoms with van der Waals surface area (Å²) in [6.45, 7) is -0.140. The zero-order chi connectivity index (χ0) is 22.7. The SMILES string of the molecule is O=C(NCC(F)(F)F)c1ccc(NC(=O)C2CCN(c3nc4ccccc4o3)CC2)cc1. The Balaban J connectivity index is 1.28. The van der Waals surface area contributed by atoms with Crippen molar-refractivity contribution in [3.8, 4) is 0 Å². The molecule has 1 saturated heterocycles. The fourth-order valence-electron chi connectivity index (χ4n) is 3.56. The topological polar surface area (TPSA) is 87.5 Å². The van der Waals surface area contributed by atoms with Gasteiger partial charge < -0.3 is 20.0 Å². The summed E-state index contributed by atoms with van der Waals surface area (Å²) in [7, 11) is 0. The van der Waals surface area contributed by atoms with Gasteiger partial charge in [-0.3, -0.25) is 9.59 Å². The molecule has 0 saturated carbocycles. The van der Waals surface area contributed by atoms with Gasteiger partial charge in [-0.25, -0.2) is 0 Å². The molecule has 4 rings (SSSR count). The number of alkyl halides is 3. The maximum atomic E-state index is 12.6. The van der Waals surface area contributed by atoms with E-state index in [1.54, 1.807) is 0 Å². The van der Waals surface area contributed by atoms with E-state index >= 15 is 0 Å². The van der Waals surface area contributed by atoms with Gasteiger partial charge in [-0.1, -0.05) is 12.1 Å². The minimum absolute atomic E-state index is 0.0823. The first-order chi connectivity index (χ1) is 15.3. The van der Waals surface area contributed by atoms with Crippen molar-refractivity contribution in [2.45, 2.75) is 19.0 Å². The third-order valence-electron chi connectivity index (χ3n) is 5.28. The van der Waals surface area contributed by atoms with Crippen molar-refractivity contribution in [2.24, 2.45) is 5.92 Å². The van der Waals surface area contributed by atoms with E-state index in [2.05, 4.69) is 10.3 Å². The molecule has 10 heteroatoms. The van der Waals surface area contributed by atoms with Crippen LogP contribution in [0.1, 0.15) is 23.2 Å². The maximum Gasteiger partial charge on any atom is 0.405 e. The first kappa shape index (κ1) is 21.7. The van der Waals surface area contributed by atoms with Gasteiger partial charge in [0.25, 0.3) is 11.9 Å². The molecule has 7 nitrogen and oxygen atoms in total. The predicted octanol–water partition coefficient (Wildman–Crippen LogP) is 3.98. The Morgan fingerprint density at radius 3 is 2.41 bits per heavy atom. The highest BCUT2D eigenvalue weighted by molar-refractivity contribution is 5.96. The quantitative estimate of drug-likeness (QED) is 0.619. The number of halogens is 3. The van der Waals surface area contributed by atoms with Crippen LogP contribution in [-0.2, 0) is 4.79 Å². The van der Waals surface area contributed by atoms with Crippen molar-refractivity contribution < 1.29 is 27.2 Å². The molecule has 2 heterocycles. The summed E-state index contributed by atoms with van der Waals surface area (Å²) in [6, 6.07) is 13.8. The minimum Gasteiger partial charge on any atom is -0.423 e. The summed E-state index contributed by atoms with van der Waals surface area (Å²) in [5.74, 6) is -1.16. The third kappa shape index (κ3) is 5.19. The maximum absolute atomic E-state index is 12.6. The lowest BCUT2D eigenvalue weighted by Crippen LogP contribution is -2.38. The Labute approximate surface area is 181 Å². The minimum atomic E-state index is -4.47. The lowest BCUT2D eigenvalue weighted by molar-refractivity contribution is -0.123. The first-order valence-corrected chi connectivity index (χ1v) is 10.1. The largest absolute Gasteiger partial charge is 0.423 e. The lowest BCUT2D eigenvalue weighted by atomic mass is 9.96. The number of nitrogens with zero attached hydrogens (tertiary/aromatic N) is 2. The number of benzene rings is 2. The molecule has 168 valence electrons. The number of oxazole rings is 1. The number of nitrogens with one attached hydrogen (secondary N) is 2. The fourth-order valence-corrected chi connectivity index (χ4v) is 3.56. The molecule has 2 aromatic carbocycles. The fraction of sp³-hybridized carbons (Fsp3) is 0.318. The van der Waals surface area contributed by atoms with Gasteiger partial charge in [-0.2, -0.15) is 18.2 Å². The Morgan fingerprint density at radius 1 is 1.06 bits per heavy atom. The summed E-state index contributed by atoms with van der Waals surface area (Å²) in [6.07, 6.45) is -3.22. The van der Waals surface area contributed by atoms with Crippen LogP contribution in [-0.4, -0.2) is 42.6 Å². The highest BCUT2D eigenvalue weighted by Gasteiger charge is 2.28. The molecule has 3 aromatic rings. The molecular weight excluding hydrogens is 425 g/mol. The van der Waals surface area contributed by atoms with E-state index in [4.69, 9.17) is 4.42 Å². The summed E-state index contributed by atoms with van der Waals surface area (Å²) in [5, 5.41) is 4.61. The highest BCUT2D eigenvalue weighted by atomic mass is 19.4. The average Bonchev–Trinajstić information content (AvgIpc) is 3.22. The molecule has 1 aromatic heterocycles. The Kier molecular flexibility index (Phi) is 6.02. The second-order valence-electron chi connectivity index (χ2n) is 7.59. The average molecular weight is 446 g/mol. The number of hydrogen-bond acceptors (Lipinski definition) is 5.